The molecular formula is C19H15F3O3S2. The van der Waals surface area contributed by atoms with Crippen LogP contribution in [0.1, 0.15) is 25.0 Å². The third kappa shape index (κ3) is 3.64. The Morgan fingerprint density at radius 1 is 0.963 bits per heavy atom. The van der Waals surface area contributed by atoms with Gasteiger partial charge in [-0.25, -0.2) is 21.6 Å². The van der Waals surface area contributed by atoms with Gasteiger partial charge in [0, 0.05) is 23.5 Å². The molecule has 0 radical (unpaired) electrons. The molecule has 0 N–H and O–H groups in total. The van der Waals surface area contributed by atoms with Crippen molar-refractivity contribution >= 4 is 38.3 Å². The van der Waals surface area contributed by atoms with Gasteiger partial charge in [-0.3, -0.25) is 0 Å². The topological polar surface area (TPSA) is 43.4 Å². The van der Waals surface area contributed by atoms with Gasteiger partial charge in [-0.05, 0) is 49.7 Å². The smallest absolute Gasteiger partial charge is 0.178 e. The molecule has 0 aliphatic carbocycles. The standard InChI is InChI=1S/C19H15F3O3S2/c1-19(2)18(26)16(11-6-12(20)9-13(21)7-11)17(25-19)10-4-5-15(14(22)8-10)27(3,23)24/h4-9H,1-3H3. The van der Waals surface area contributed by atoms with Crippen molar-refractivity contribution in [1.82, 2.24) is 0 Å². The number of hydrogen-bond acceptors (Lipinski definition) is 4. The van der Waals surface area contributed by atoms with Gasteiger partial charge in [0.05, 0.1) is 4.86 Å². The summed E-state index contributed by atoms with van der Waals surface area (Å²) in [5.41, 5.74) is -0.326. The lowest BCUT2D eigenvalue weighted by Crippen LogP contribution is -2.27. The molecule has 1 aliphatic heterocycles. The highest BCUT2D eigenvalue weighted by Gasteiger charge is 2.39. The predicted octanol–water partition coefficient (Wildman–Crippen LogP) is 4.55. The van der Waals surface area contributed by atoms with E-state index in [1.54, 1.807) is 13.8 Å². The second-order valence-electron chi connectivity index (χ2n) is 6.72. The number of sulfone groups is 1. The number of rotatable bonds is 3. The minimum atomic E-state index is -3.74. The molecule has 0 fully saturated rings. The number of ether oxygens (including phenoxy) is 1. The van der Waals surface area contributed by atoms with E-state index in [-0.39, 0.29) is 22.5 Å². The van der Waals surface area contributed by atoms with Crippen LogP contribution >= 0.6 is 12.2 Å². The van der Waals surface area contributed by atoms with Crippen LogP contribution in [0, 0.1) is 17.5 Å². The number of halogens is 3. The van der Waals surface area contributed by atoms with Crippen LogP contribution in [0.15, 0.2) is 41.3 Å². The maximum Gasteiger partial charge on any atom is 0.178 e. The quantitative estimate of drug-likeness (QED) is 0.694. The molecule has 0 amide bonds. The van der Waals surface area contributed by atoms with Crippen molar-refractivity contribution in [3.63, 3.8) is 0 Å². The minimum absolute atomic E-state index is 0.133. The molecule has 0 saturated carbocycles. The van der Waals surface area contributed by atoms with Gasteiger partial charge in [0.1, 0.15) is 33.7 Å². The van der Waals surface area contributed by atoms with Crippen molar-refractivity contribution in [3.8, 4) is 0 Å². The van der Waals surface area contributed by atoms with Crippen LogP contribution in [0.25, 0.3) is 11.3 Å². The lowest BCUT2D eigenvalue weighted by Gasteiger charge is -2.20. The van der Waals surface area contributed by atoms with E-state index in [2.05, 4.69) is 0 Å². The summed E-state index contributed by atoms with van der Waals surface area (Å²) in [4.78, 5) is -0.153. The van der Waals surface area contributed by atoms with Gasteiger partial charge < -0.3 is 4.74 Å². The molecule has 27 heavy (non-hydrogen) atoms. The maximum atomic E-state index is 14.3. The molecule has 142 valence electrons. The number of hydrogen-bond donors (Lipinski definition) is 0. The van der Waals surface area contributed by atoms with E-state index in [0.717, 1.165) is 36.6 Å². The monoisotopic (exact) mass is 412 g/mol. The van der Waals surface area contributed by atoms with E-state index in [4.69, 9.17) is 17.0 Å². The van der Waals surface area contributed by atoms with Crippen LogP contribution in [0.4, 0.5) is 13.2 Å². The summed E-state index contributed by atoms with van der Waals surface area (Å²) in [5.74, 6) is -2.40. The first-order chi connectivity index (χ1) is 12.4. The van der Waals surface area contributed by atoms with Crippen molar-refractivity contribution in [2.24, 2.45) is 0 Å². The Balaban J connectivity index is 2.25. The van der Waals surface area contributed by atoms with Gasteiger partial charge in [-0.15, -0.1) is 0 Å². The second-order valence-corrected chi connectivity index (χ2v) is 9.11. The van der Waals surface area contributed by atoms with Crippen LogP contribution in [-0.2, 0) is 14.6 Å². The Labute approximate surface area is 160 Å². The summed E-state index contributed by atoms with van der Waals surface area (Å²) < 4.78 is 70.8. The van der Waals surface area contributed by atoms with E-state index in [0.29, 0.717) is 4.86 Å². The summed E-state index contributed by atoms with van der Waals surface area (Å²) in [6, 6.07) is 6.44. The lowest BCUT2D eigenvalue weighted by atomic mass is 9.93. The Kier molecular flexibility index (Phi) is 4.68. The first-order valence-corrected chi connectivity index (χ1v) is 10.1. The molecule has 2 aromatic rings. The summed E-state index contributed by atoms with van der Waals surface area (Å²) in [7, 11) is -3.74. The fourth-order valence-electron chi connectivity index (χ4n) is 2.86. The summed E-state index contributed by atoms with van der Waals surface area (Å²) in [6.07, 6.45) is 0.898. The molecular weight excluding hydrogens is 397 g/mol. The maximum absolute atomic E-state index is 14.3. The molecule has 0 atom stereocenters. The van der Waals surface area contributed by atoms with E-state index >= 15 is 0 Å². The van der Waals surface area contributed by atoms with Gasteiger partial charge in [0.2, 0.25) is 0 Å². The predicted molar refractivity (Wildman–Crippen MR) is 100 cm³/mol. The Bertz CT molecular complexity index is 1080. The van der Waals surface area contributed by atoms with Gasteiger partial charge in [0.25, 0.3) is 0 Å². The number of thiocarbonyl (C=S) groups is 1. The summed E-state index contributed by atoms with van der Waals surface area (Å²) in [6.45, 7) is 3.36. The van der Waals surface area contributed by atoms with Crippen molar-refractivity contribution in [3.05, 3.63) is 65.0 Å². The molecule has 0 spiro atoms. The molecule has 0 bridgehead atoms. The highest BCUT2D eigenvalue weighted by atomic mass is 32.2. The van der Waals surface area contributed by atoms with Crippen LogP contribution in [0.2, 0.25) is 0 Å². The normalized spacial score (nSPS) is 16.6. The zero-order valence-electron chi connectivity index (χ0n) is 14.6. The van der Waals surface area contributed by atoms with Crippen LogP contribution in [-0.4, -0.2) is 25.1 Å². The molecule has 8 heteroatoms. The first-order valence-electron chi connectivity index (χ1n) is 7.85. The zero-order chi connectivity index (χ0) is 20.1. The molecule has 0 aromatic heterocycles. The summed E-state index contributed by atoms with van der Waals surface area (Å²) >= 11 is 5.42. The molecule has 0 saturated heterocycles. The van der Waals surface area contributed by atoms with E-state index in [1.165, 1.54) is 6.07 Å². The van der Waals surface area contributed by atoms with Crippen molar-refractivity contribution in [1.29, 1.82) is 0 Å². The van der Waals surface area contributed by atoms with Gasteiger partial charge in [-0.1, -0.05) is 12.2 Å². The largest absolute Gasteiger partial charge is 0.481 e. The number of benzene rings is 2. The molecule has 3 nitrogen and oxygen atoms in total. The molecule has 1 heterocycles. The zero-order valence-corrected chi connectivity index (χ0v) is 16.3. The third-order valence-corrected chi connectivity index (χ3v) is 5.93. The van der Waals surface area contributed by atoms with Crippen LogP contribution in [0.5, 0.6) is 0 Å². The van der Waals surface area contributed by atoms with E-state index < -0.39 is 37.8 Å². The molecule has 2 aromatic carbocycles. The van der Waals surface area contributed by atoms with Crippen molar-refractivity contribution < 1.29 is 26.3 Å². The van der Waals surface area contributed by atoms with Crippen molar-refractivity contribution in [2.75, 3.05) is 6.26 Å². The van der Waals surface area contributed by atoms with Crippen molar-refractivity contribution in [2.45, 2.75) is 24.3 Å². The average Bonchev–Trinajstić information content (AvgIpc) is 2.75. The second kappa shape index (κ2) is 6.45. The van der Waals surface area contributed by atoms with Gasteiger partial charge in [0.15, 0.2) is 9.84 Å². The Morgan fingerprint density at radius 2 is 1.56 bits per heavy atom. The SMILES string of the molecule is CC1(C)OC(c2ccc(S(C)(=O)=O)c(F)c2)=C(c2cc(F)cc(F)c2)C1=S. The Morgan fingerprint density at radius 3 is 2.07 bits per heavy atom. The fraction of sp³-hybridized carbons (Fsp3) is 0.211. The molecule has 0 unspecified atom stereocenters. The van der Waals surface area contributed by atoms with Crippen LogP contribution < -0.4 is 0 Å². The summed E-state index contributed by atoms with van der Waals surface area (Å²) in [5, 5.41) is 0. The average molecular weight is 412 g/mol. The van der Waals surface area contributed by atoms with Crippen LogP contribution in [0.3, 0.4) is 0 Å². The first kappa shape index (κ1) is 19.6. The minimum Gasteiger partial charge on any atom is -0.481 e. The third-order valence-electron chi connectivity index (χ3n) is 4.10. The van der Waals surface area contributed by atoms with E-state index in [9.17, 15) is 21.6 Å². The highest BCUT2D eigenvalue weighted by molar-refractivity contribution is 7.90. The van der Waals surface area contributed by atoms with Gasteiger partial charge in [-0.2, -0.15) is 0 Å². The fourth-order valence-corrected chi connectivity index (χ4v) is 3.84. The lowest BCUT2D eigenvalue weighted by molar-refractivity contribution is 0.160. The highest BCUT2D eigenvalue weighted by Crippen LogP contribution is 2.42. The molecule has 3 rings (SSSR count). The molecule has 1 aliphatic rings. The van der Waals surface area contributed by atoms with Gasteiger partial charge >= 0.3 is 0 Å². The van der Waals surface area contributed by atoms with E-state index in [1.807, 2.05) is 0 Å². The Hall–Kier alpha value is -2.19.